The number of methoxy groups -OCH3 is 1. The fourth-order valence-corrected chi connectivity index (χ4v) is 2.10. The molecule has 2 rings (SSSR count). The van der Waals surface area contributed by atoms with Crippen molar-refractivity contribution in [2.45, 2.75) is 38.3 Å². The number of hydrogen-bond acceptors (Lipinski definition) is 5. The van der Waals surface area contributed by atoms with E-state index in [1.54, 1.807) is 0 Å². The van der Waals surface area contributed by atoms with Crippen molar-refractivity contribution < 1.29 is 14.4 Å². The largest absolute Gasteiger partial charge is 0.383 e. The van der Waals surface area contributed by atoms with Gasteiger partial charge in [0, 0.05) is 13.2 Å². The van der Waals surface area contributed by atoms with Gasteiger partial charge in [-0.25, -0.2) is 10.2 Å². The number of nitrogens with one attached hydrogen (secondary N) is 1. The van der Waals surface area contributed by atoms with Crippen molar-refractivity contribution in [1.29, 1.82) is 0 Å². The highest BCUT2D eigenvalue weighted by atomic mass is 16.7. The Bertz CT molecular complexity index is 509. The van der Waals surface area contributed by atoms with Gasteiger partial charge in [0.1, 0.15) is 0 Å². The van der Waals surface area contributed by atoms with Crippen molar-refractivity contribution in [1.82, 2.24) is 15.3 Å². The van der Waals surface area contributed by atoms with Crippen LogP contribution in [0.3, 0.4) is 0 Å². The molecular weight excluding hydrogens is 262 g/mol. The maximum Gasteiger partial charge on any atom is 0.295 e. The quantitative estimate of drug-likeness (QED) is 0.767. The number of hydroxylamine groups is 1. The summed E-state index contributed by atoms with van der Waals surface area (Å²) < 4.78 is 6.09. The molecule has 1 saturated carbocycles. The van der Waals surface area contributed by atoms with Gasteiger partial charge >= 0.3 is 0 Å². The lowest BCUT2D eigenvalue weighted by atomic mass is 10.3. The molecule has 1 aromatic rings. The van der Waals surface area contributed by atoms with Crippen LogP contribution in [-0.2, 0) is 16.1 Å². The van der Waals surface area contributed by atoms with Crippen molar-refractivity contribution >= 4 is 5.91 Å². The van der Waals surface area contributed by atoms with Gasteiger partial charge in [-0.1, -0.05) is 12.8 Å². The average molecular weight is 281 g/mol. The highest BCUT2D eigenvalue weighted by Gasteiger charge is 2.18. The molecule has 0 saturated heterocycles. The minimum Gasteiger partial charge on any atom is -0.383 e. The van der Waals surface area contributed by atoms with Gasteiger partial charge in [-0.2, -0.15) is 5.10 Å². The maximum atomic E-state index is 11.9. The lowest BCUT2D eigenvalue weighted by molar-refractivity contribution is -0.0129. The molecule has 7 nitrogen and oxygen atoms in total. The number of carbonyl (C=O) groups excluding carboxylic acids is 1. The standard InChI is InChI=1S/C13H19N3O4/c1-19-9-8-16-12(17)7-6-11(14-16)13(18)15-20-10-4-2-3-5-10/h6-7,10H,2-5,8-9H2,1H3,(H,15,18). The molecule has 7 heteroatoms. The SMILES string of the molecule is COCCn1nc(C(=O)NOC2CCCC2)ccc1=O. The molecule has 1 N–H and O–H groups in total. The Morgan fingerprint density at radius 2 is 2.20 bits per heavy atom. The zero-order chi connectivity index (χ0) is 14.4. The van der Waals surface area contributed by atoms with E-state index in [1.165, 1.54) is 23.9 Å². The molecule has 0 unspecified atom stereocenters. The first-order valence-corrected chi connectivity index (χ1v) is 6.74. The summed E-state index contributed by atoms with van der Waals surface area (Å²) in [7, 11) is 1.54. The van der Waals surface area contributed by atoms with Gasteiger partial charge in [-0.15, -0.1) is 0 Å². The number of carbonyl (C=O) groups is 1. The van der Waals surface area contributed by atoms with E-state index in [1.807, 2.05) is 0 Å². The highest BCUT2D eigenvalue weighted by molar-refractivity contribution is 5.91. The topological polar surface area (TPSA) is 82.5 Å². The summed E-state index contributed by atoms with van der Waals surface area (Å²) in [5.74, 6) is -0.442. The summed E-state index contributed by atoms with van der Waals surface area (Å²) in [4.78, 5) is 28.8. The van der Waals surface area contributed by atoms with Crippen LogP contribution in [0.25, 0.3) is 0 Å². The first-order chi connectivity index (χ1) is 9.70. The van der Waals surface area contributed by atoms with E-state index in [0.29, 0.717) is 13.2 Å². The van der Waals surface area contributed by atoms with E-state index >= 15 is 0 Å². The van der Waals surface area contributed by atoms with E-state index < -0.39 is 5.91 Å². The fourth-order valence-electron chi connectivity index (χ4n) is 2.10. The molecule has 1 aliphatic rings. The van der Waals surface area contributed by atoms with Gasteiger partial charge in [-0.3, -0.25) is 14.4 Å². The zero-order valence-electron chi connectivity index (χ0n) is 11.5. The number of ether oxygens (including phenoxy) is 1. The first kappa shape index (κ1) is 14.7. The van der Waals surface area contributed by atoms with E-state index in [0.717, 1.165) is 25.7 Å². The average Bonchev–Trinajstić information content (AvgIpc) is 2.97. The third-order valence-electron chi connectivity index (χ3n) is 3.23. The van der Waals surface area contributed by atoms with Crippen LogP contribution in [0.2, 0.25) is 0 Å². The van der Waals surface area contributed by atoms with E-state index in [9.17, 15) is 9.59 Å². The summed E-state index contributed by atoms with van der Waals surface area (Å²) in [6.07, 6.45) is 4.25. The van der Waals surface area contributed by atoms with Gasteiger partial charge in [0.25, 0.3) is 11.5 Å². The van der Waals surface area contributed by atoms with E-state index in [2.05, 4.69) is 10.6 Å². The summed E-state index contributed by atoms with van der Waals surface area (Å²) in [5.41, 5.74) is 2.28. The van der Waals surface area contributed by atoms with Crippen molar-refractivity contribution in [2.24, 2.45) is 0 Å². The van der Waals surface area contributed by atoms with Gasteiger partial charge in [-0.05, 0) is 18.9 Å². The Morgan fingerprint density at radius 3 is 2.90 bits per heavy atom. The van der Waals surface area contributed by atoms with Gasteiger partial charge in [0.2, 0.25) is 0 Å². The number of hydrogen-bond donors (Lipinski definition) is 1. The molecule has 0 radical (unpaired) electrons. The summed E-state index contributed by atoms with van der Waals surface area (Å²) in [6, 6.07) is 2.70. The molecule has 0 bridgehead atoms. The molecule has 1 aromatic heterocycles. The number of rotatable bonds is 6. The Kier molecular flexibility index (Phi) is 5.25. The minimum absolute atomic E-state index is 0.0818. The van der Waals surface area contributed by atoms with Crippen LogP contribution in [0, 0.1) is 0 Å². The summed E-state index contributed by atoms with van der Waals surface area (Å²) in [5, 5.41) is 3.99. The second-order valence-corrected chi connectivity index (χ2v) is 4.73. The van der Waals surface area contributed by atoms with Crippen molar-refractivity contribution in [3.63, 3.8) is 0 Å². The number of amides is 1. The van der Waals surface area contributed by atoms with Crippen molar-refractivity contribution in [3.8, 4) is 0 Å². The van der Waals surface area contributed by atoms with E-state index in [-0.39, 0.29) is 17.4 Å². The first-order valence-electron chi connectivity index (χ1n) is 6.74. The van der Waals surface area contributed by atoms with Crippen LogP contribution in [-0.4, -0.2) is 35.5 Å². The molecule has 0 atom stereocenters. The molecular formula is C13H19N3O4. The molecule has 0 aromatic carbocycles. The Balaban J connectivity index is 1.96. The van der Waals surface area contributed by atoms with Crippen LogP contribution < -0.4 is 11.0 Å². The lowest BCUT2D eigenvalue weighted by Gasteiger charge is -2.11. The van der Waals surface area contributed by atoms with Crippen LogP contribution >= 0.6 is 0 Å². The van der Waals surface area contributed by atoms with Crippen LogP contribution in [0.5, 0.6) is 0 Å². The monoisotopic (exact) mass is 281 g/mol. The summed E-state index contributed by atoms with van der Waals surface area (Å²) >= 11 is 0. The second-order valence-electron chi connectivity index (χ2n) is 4.73. The third-order valence-corrected chi connectivity index (χ3v) is 3.23. The Morgan fingerprint density at radius 1 is 1.45 bits per heavy atom. The Labute approximate surface area is 116 Å². The molecule has 0 spiro atoms. The predicted molar refractivity (Wildman–Crippen MR) is 71.2 cm³/mol. The van der Waals surface area contributed by atoms with Crippen LogP contribution in [0.4, 0.5) is 0 Å². The minimum atomic E-state index is -0.442. The smallest absolute Gasteiger partial charge is 0.295 e. The lowest BCUT2D eigenvalue weighted by Crippen LogP contribution is -2.32. The molecule has 1 aliphatic carbocycles. The van der Waals surface area contributed by atoms with E-state index in [4.69, 9.17) is 9.57 Å². The van der Waals surface area contributed by atoms with Crippen molar-refractivity contribution in [2.75, 3.05) is 13.7 Å². The normalized spacial score (nSPS) is 15.4. The van der Waals surface area contributed by atoms with Gasteiger partial charge in [0.05, 0.1) is 19.3 Å². The second kappa shape index (κ2) is 7.16. The molecule has 20 heavy (non-hydrogen) atoms. The van der Waals surface area contributed by atoms with Gasteiger partial charge < -0.3 is 4.74 Å². The van der Waals surface area contributed by atoms with Gasteiger partial charge in [0.15, 0.2) is 5.69 Å². The third kappa shape index (κ3) is 3.88. The molecule has 1 heterocycles. The predicted octanol–water partition coefficient (Wildman–Crippen LogP) is 0.494. The number of nitrogens with zero attached hydrogens (tertiary/aromatic N) is 2. The molecule has 0 aliphatic heterocycles. The molecule has 1 fully saturated rings. The Hall–Kier alpha value is -1.73. The van der Waals surface area contributed by atoms with Crippen LogP contribution in [0.1, 0.15) is 36.2 Å². The van der Waals surface area contributed by atoms with Crippen molar-refractivity contribution in [3.05, 3.63) is 28.2 Å². The fraction of sp³-hybridized carbons (Fsp3) is 0.615. The number of aromatic nitrogens is 2. The maximum absolute atomic E-state index is 11.9. The summed E-state index contributed by atoms with van der Waals surface area (Å²) in [6.45, 7) is 0.663. The molecule has 1 amide bonds. The zero-order valence-corrected chi connectivity index (χ0v) is 11.5. The van der Waals surface area contributed by atoms with Crippen LogP contribution in [0.15, 0.2) is 16.9 Å². The molecule has 110 valence electrons. The highest BCUT2D eigenvalue weighted by Crippen LogP contribution is 2.19.